The van der Waals surface area contributed by atoms with Crippen molar-refractivity contribution in [2.24, 2.45) is 0 Å². The van der Waals surface area contributed by atoms with Crippen LogP contribution in [0.1, 0.15) is 24.3 Å². The number of hydrogen-bond acceptors (Lipinski definition) is 3. The van der Waals surface area contributed by atoms with E-state index in [1.165, 1.54) is 5.56 Å². The molecule has 0 aliphatic carbocycles. The third kappa shape index (κ3) is 6.79. The van der Waals surface area contributed by atoms with Gasteiger partial charge >= 0.3 is 0 Å². The normalized spacial score (nSPS) is 9.77. The maximum atomic E-state index is 7.98. The van der Waals surface area contributed by atoms with E-state index in [0.717, 1.165) is 23.5 Å². The zero-order chi connectivity index (χ0) is 14.4. The van der Waals surface area contributed by atoms with Crippen LogP contribution in [-0.4, -0.2) is 18.4 Å². The van der Waals surface area contributed by atoms with Crippen molar-refractivity contribution in [2.75, 3.05) is 11.9 Å². The van der Waals surface area contributed by atoms with Gasteiger partial charge in [-0.15, -0.1) is 36.2 Å². The molecule has 0 spiro atoms. The Bertz CT molecular complexity index is 539. The lowest BCUT2D eigenvalue weighted by molar-refractivity contribution is 0.590. The molecule has 3 nitrogen and oxygen atoms in total. The average molecular weight is 360 g/mol. The Hall–Kier alpha value is -1.07. The lowest BCUT2D eigenvalue weighted by Crippen LogP contribution is -2.24. The summed E-state index contributed by atoms with van der Waals surface area (Å²) in [5.41, 5.74) is 2.27. The summed E-state index contributed by atoms with van der Waals surface area (Å²) in [4.78, 5) is 0.954. The SMILES string of the molecule is CC(C)NCCc1ccc(NC(=N)c2cccs2)cc1.Cl.Cl. The van der Waals surface area contributed by atoms with E-state index in [2.05, 4.69) is 36.6 Å². The maximum absolute atomic E-state index is 7.98. The molecular formula is C16H23Cl2N3S. The highest BCUT2D eigenvalue weighted by Gasteiger charge is 2.02. The number of thiophene rings is 1. The van der Waals surface area contributed by atoms with Crippen LogP contribution in [0.4, 0.5) is 5.69 Å². The third-order valence-corrected chi connectivity index (χ3v) is 3.84. The molecule has 0 radical (unpaired) electrons. The van der Waals surface area contributed by atoms with Crippen LogP contribution in [0.15, 0.2) is 41.8 Å². The highest BCUT2D eigenvalue weighted by molar-refractivity contribution is 7.12. The van der Waals surface area contributed by atoms with Gasteiger partial charge in [0.1, 0.15) is 5.84 Å². The van der Waals surface area contributed by atoms with Crippen LogP contribution in [-0.2, 0) is 6.42 Å². The minimum absolute atomic E-state index is 0. The van der Waals surface area contributed by atoms with E-state index < -0.39 is 0 Å². The predicted octanol–water partition coefficient (Wildman–Crippen LogP) is 4.57. The van der Waals surface area contributed by atoms with Gasteiger partial charge in [0.15, 0.2) is 0 Å². The number of rotatable bonds is 6. The lowest BCUT2D eigenvalue weighted by atomic mass is 10.1. The van der Waals surface area contributed by atoms with Crippen LogP contribution in [0.25, 0.3) is 0 Å². The Morgan fingerprint density at radius 3 is 2.36 bits per heavy atom. The summed E-state index contributed by atoms with van der Waals surface area (Å²) in [5, 5.41) is 16.5. The van der Waals surface area contributed by atoms with Crippen molar-refractivity contribution < 1.29 is 0 Å². The molecule has 0 aliphatic rings. The van der Waals surface area contributed by atoms with Crippen LogP contribution < -0.4 is 10.6 Å². The first-order chi connectivity index (χ1) is 9.65. The van der Waals surface area contributed by atoms with Crippen molar-refractivity contribution >= 4 is 47.7 Å². The first-order valence-electron chi connectivity index (χ1n) is 6.87. The van der Waals surface area contributed by atoms with Gasteiger partial charge in [-0.25, -0.2) is 0 Å². The fourth-order valence-electron chi connectivity index (χ4n) is 1.89. The topological polar surface area (TPSA) is 47.9 Å². The molecule has 0 atom stereocenters. The second kappa shape index (κ2) is 10.6. The molecule has 1 heterocycles. The monoisotopic (exact) mass is 359 g/mol. The van der Waals surface area contributed by atoms with Gasteiger partial charge in [-0.05, 0) is 42.1 Å². The van der Waals surface area contributed by atoms with Gasteiger partial charge in [0.2, 0.25) is 0 Å². The Balaban J connectivity index is 0.00000220. The van der Waals surface area contributed by atoms with E-state index in [4.69, 9.17) is 5.41 Å². The summed E-state index contributed by atoms with van der Waals surface area (Å²) in [5.74, 6) is 0.453. The fraction of sp³-hybridized carbons (Fsp3) is 0.312. The van der Waals surface area contributed by atoms with E-state index in [1.54, 1.807) is 11.3 Å². The molecule has 3 N–H and O–H groups in total. The van der Waals surface area contributed by atoms with Gasteiger partial charge < -0.3 is 10.6 Å². The average Bonchev–Trinajstić information content (AvgIpc) is 2.94. The van der Waals surface area contributed by atoms with Crippen LogP contribution in [0.2, 0.25) is 0 Å². The van der Waals surface area contributed by atoms with Gasteiger partial charge in [0.25, 0.3) is 0 Å². The van der Waals surface area contributed by atoms with Gasteiger partial charge in [0.05, 0.1) is 4.88 Å². The molecule has 0 aliphatic heterocycles. The molecule has 22 heavy (non-hydrogen) atoms. The van der Waals surface area contributed by atoms with E-state index in [0.29, 0.717) is 11.9 Å². The first kappa shape index (κ1) is 20.9. The largest absolute Gasteiger partial charge is 0.340 e. The van der Waals surface area contributed by atoms with E-state index in [1.807, 2.05) is 29.6 Å². The Kier molecular flexibility index (Phi) is 10.1. The van der Waals surface area contributed by atoms with Crippen molar-refractivity contribution in [3.63, 3.8) is 0 Å². The Labute approximate surface area is 148 Å². The van der Waals surface area contributed by atoms with Crippen LogP contribution in [0.3, 0.4) is 0 Å². The summed E-state index contributed by atoms with van der Waals surface area (Å²) >= 11 is 1.57. The van der Waals surface area contributed by atoms with Gasteiger partial charge in [0, 0.05) is 11.7 Å². The quantitative estimate of drug-likeness (QED) is 0.522. The lowest BCUT2D eigenvalue weighted by Gasteiger charge is -2.09. The second-order valence-electron chi connectivity index (χ2n) is 5.03. The van der Waals surface area contributed by atoms with Crippen molar-refractivity contribution in [3.05, 3.63) is 52.2 Å². The first-order valence-corrected chi connectivity index (χ1v) is 7.75. The molecule has 0 bridgehead atoms. The van der Waals surface area contributed by atoms with E-state index in [-0.39, 0.29) is 24.8 Å². The summed E-state index contributed by atoms with van der Waals surface area (Å²) in [7, 11) is 0. The smallest absolute Gasteiger partial charge is 0.140 e. The van der Waals surface area contributed by atoms with Gasteiger partial charge in [-0.3, -0.25) is 5.41 Å². The molecule has 2 aromatic rings. The molecule has 2 rings (SSSR count). The summed E-state index contributed by atoms with van der Waals surface area (Å²) in [6, 6.07) is 12.7. The number of hydrogen-bond donors (Lipinski definition) is 3. The summed E-state index contributed by atoms with van der Waals surface area (Å²) < 4.78 is 0. The predicted molar refractivity (Wildman–Crippen MR) is 103 cm³/mol. The Morgan fingerprint density at radius 2 is 1.82 bits per heavy atom. The highest BCUT2D eigenvalue weighted by Crippen LogP contribution is 2.14. The van der Waals surface area contributed by atoms with Crippen molar-refractivity contribution in [3.8, 4) is 0 Å². The second-order valence-corrected chi connectivity index (χ2v) is 5.98. The molecule has 1 aromatic carbocycles. The molecule has 1 aromatic heterocycles. The maximum Gasteiger partial charge on any atom is 0.140 e. The highest BCUT2D eigenvalue weighted by atomic mass is 35.5. The number of halogens is 2. The summed E-state index contributed by atoms with van der Waals surface area (Å²) in [6.45, 7) is 5.31. The molecule has 0 fully saturated rings. The zero-order valence-electron chi connectivity index (χ0n) is 12.8. The van der Waals surface area contributed by atoms with Crippen LogP contribution in [0, 0.1) is 5.41 Å². The number of benzene rings is 1. The van der Waals surface area contributed by atoms with Crippen molar-refractivity contribution in [1.82, 2.24) is 5.32 Å². The molecule has 0 saturated heterocycles. The number of nitrogens with one attached hydrogen (secondary N) is 3. The van der Waals surface area contributed by atoms with Gasteiger partial charge in [-0.1, -0.05) is 32.0 Å². The minimum atomic E-state index is 0. The minimum Gasteiger partial charge on any atom is -0.340 e. The summed E-state index contributed by atoms with van der Waals surface area (Å²) in [6.07, 6.45) is 1.03. The molecule has 0 unspecified atom stereocenters. The van der Waals surface area contributed by atoms with Crippen molar-refractivity contribution in [1.29, 1.82) is 5.41 Å². The molecular weight excluding hydrogens is 337 g/mol. The standard InChI is InChI=1S/C16H21N3S.2ClH/c1-12(2)18-10-9-13-5-7-14(8-6-13)19-16(17)15-4-3-11-20-15;;/h3-8,11-12,18H,9-10H2,1-2H3,(H2,17,19);2*1H. The van der Waals surface area contributed by atoms with Crippen LogP contribution >= 0.6 is 36.2 Å². The van der Waals surface area contributed by atoms with E-state index in [9.17, 15) is 0 Å². The third-order valence-electron chi connectivity index (χ3n) is 2.96. The number of amidine groups is 1. The zero-order valence-corrected chi connectivity index (χ0v) is 15.2. The van der Waals surface area contributed by atoms with E-state index >= 15 is 0 Å². The van der Waals surface area contributed by atoms with Crippen molar-refractivity contribution in [2.45, 2.75) is 26.3 Å². The molecule has 6 heteroatoms. The molecule has 0 amide bonds. The Morgan fingerprint density at radius 1 is 1.14 bits per heavy atom. The fourth-order valence-corrected chi connectivity index (χ4v) is 2.52. The van der Waals surface area contributed by atoms with Crippen LogP contribution in [0.5, 0.6) is 0 Å². The molecule has 0 saturated carbocycles. The number of anilines is 1. The van der Waals surface area contributed by atoms with Gasteiger partial charge in [-0.2, -0.15) is 0 Å². The molecule has 122 valence electrons.